The third kappa shape index (κ3) is 4.79. The minimum atomic E-state index is -0.715. The SMILES string of the molecule is COCCNC(=O)C(C)Oc1ccc([C@@H](C)N)c(F)c1. The van der Waals surface area contributed by atoms with Crippen molar-refractivity contribution in [3.05, 3.63) is 29.6 Å². The van der Waals surface area contributed by atoms with Gasteiger partial charge in [0.15, 0.2) is 6.10 Å². The minimum absolute atomic E-state index is 0.279. The lowest BCUT2D eigenvalue weighted by Gasteiger charge is -2.15. The maximum absolute atomic E-state index is 13.7. The van der Waals surface area contributed by atoms with Gasteiger partial charge >= 0.3 is 0 Å². The lowest BCUT2D eigenvalue weighted by atomic mass is 10.1. The van der Waals surface area contributed by atoms with Gasteiger partial charge in [0.2, 0.25) is 0 Å². The molecule has 0 saturated carbocycles. The molecule has 0 aromatic heterocycles. The molecule has 0 spiro atoms. The van der Waals surface area contributed by atoms with Gasteiger partial charge in [-0.15, -0.1) is 0 Å². The molecule has 0 bridgehead atoms. The Morgan fingerprint density at radius 1 is 1.45 bits per heavy atom. The fraction of sp³-hybridized carbons (Fsp3) is 0.500. The number of ether oxygens (including phenoxy) is 2. The molecule has 1 unspecified atom stereocenters. The van der Waals surface area contributed by atoms with E-state index in [2.05, 4.69) is 5.32 Å². The Bertz CT molecular complexity index is 452. The maximum atomic E-state index is 13.7. The Hall–Kier alpha value is -1.66. The van der Waals surface area contributed by atoms with Gasteiger partial charge in [0.05, 0.1) is 6.61 Å². The Balaban J connectivity index is 2.59. The van der Waals surface area contributed by atoms with E-state index in [1.807, 2.05) is 0 Å². The molecule has 1 amide bonds. The van der Waals surface area contributed by atoms with Gasteiger partial charge in [-0.1, -0.05) is 6.07 Å². The summed E-state index contributed by atoms with van der Waals surface area (Å²) in [6.45, 7) is 4.13. The Labute approximate surface area is 118 Å². The summed E-state index contributed by atoms with van der Waals surface area (Å²) in [5.41, 5.74) is 6.04. The number of halogens is 1. The van der Waals surface area contributed by atoms with E-state index in [0.717, 1.165) is 0 Å². The van der Waals surface area contributed by atoms with Crippen molar-refractivity contribution in [2.24, 2.45) is 5.73 Å². The molecule has 112 valence electrons. The van der Waals surface area contributed by atoms with Crippen molar-refractivity contribution in [2.75, 3.05) is 20.3 Å². The molecule has 0 heterocycles. The van der Waals surface area contributed by atoms with Crippen molar-refractivity contribution >= 4 is 5.91 Å². The van der Waals surface area contributed by atoms with Crippen LogP contribution in [-0.4, -0.2) is 32.3 Å². The normalized spacial score (nSPS) is 13.7. The first-order valence-corrected chi connectivity index (χ1v) is 6.44. The second-order valence-electron chi connectivity index (χ2n) is 4.52. The van der Waals surface area contributed by atoms with Crippen LogP contribution >= 0.6 is 0 Å². The van der Waals surface area contributed by atoms with Gasteiger partial charge in [-0.05, 0) is 19.9 Å². The fourth-order valence-electron chi connectivity index (χ4n) is 1.63. The molecule has 0 aliphatic rings. The van der Waals surface area contributed by atoms with E-state index in [0.29, 0.717) is 24.5 Å². The number of hydrogen-bond donors (Lipinski definition) is 2. The summed E-state index contributed by atoms with van der Waals surface area (Å²) in [6, 6.07) is 4.00. The number of carbonyl (C=O) groups is 1. The van der Waals surface area contributed by atoms with Crippen molar-refractivity contribution in [1.82, 2.24) is 5.32 Å². The third-order valence-corrected chi connectivity index (χ3v) is 2.75. The highest BCUT2D eigenvalue weighted by atomic mass is 19.1. The van der Waals surface area contributed by atoms with Crippen molar-refractivity contribution < 1.29 is 18.7 Å². The zero-order valence-electron chi connectivity index (χ0n) is 12.0. The van der Waals surface area contributed by atoms with Crippen LogP contribution in [0.25, 0.3) is 0 Å². The molecule has 1 rings (SSSR count). The molecule has 0 aliphatic heterocycles. The number of carbonyl (C=O) groups excluding carboxylic acids is 1. The second-order valence-corrected chi connectivity index (χ2v) is 4.52. The van der Waals surface area contributed by atoms with Crippen LogP contribution < -0.4 is 15.8 Å². The van der Waals surface area contributed by atoms with E-state index in [1.165, 1.54) is 6.07 Å². The van der Waals surface area contributed by atoms with Gasteiger partial charge in [0.1, 0.15) is 11.6 Å². The summed E-state index contributed by atoms with van der Waals surface area (Å²) in [4.78, 5) is 11.7. The number of nitrogens with one attached hydrogen (secondary N) is 1. The number of benzene rings is 1. The first-order valence-electron chi connectivity index (χ1n) is 6.44. The summed E-state index contributed by atoms with van der Waals surface area (Å²) < 4.78 is 23.9. The van der Waals surface area contributed by atoms with Gasteiger partial charge in [0.25, 0.3) is 5.91 Å². The van der Waals surface area contributed by atoms with Gasteiger partial charge < -0.3 is 20.5 Å². The van der Waals surface area contributed by atoms with E-state index in [-0.39, 0.29) is 11.9 Å². The highest BCUT2D eigenvalue weighted by molar-refractivity contribution is 5.80. The number of hydrogen-bond acceptors (Lipinski definition) is 4. The molecular weight excluding hydrogens is 263 g/mol. The lowest BCUT2D eigenvalue weighted by molar-refractivity contribution is -0.127. The first-order chi connectivity index (χ1) is 9.45. The van der Waals surface area contributed by atoms with Crippen molar-refractivity contribution in [2.45, 2.75) is 26.0 Å². The summed E-state index contributed by atoms with van der Waals surface area (Å²) in [6.07, 6.45) is -0.715. The van der Waals surface area contributed by atoms with Gasteiger partial charge in [-0.3, -0.25) is 4.79 Å². The molecule has 1 aromatic carbocycles. The molecule has 20 heavy (non-hydrogen) atoms. The molecule has 5 nitrogen and oxygen atoms in total. The zero-order chi connectivity index (χ0) is 15.1. The third-order valence-electron chi connectivity index (χ3n) is 2.75. The summed E-state index contributed by atoms with van der Waals surface area (Å²) in [7, 11) is 1.55. The summed E-state index contributed by atoms with van der Waals surface area (Å²) in [5, 5.41) is 2.65. The first kappa shape index (κ1) is 16.4. The van der Waals surface area contributed by atoms with Crippen LogP contribution in [-0.2, 0) is 9.53 Å². The predicted molar refractivity (Wildman–Crippen MR) is 74.0 cm³/mol. The number of methoxy groups -OCH3 is 1. The number of rotatable bonds is 7. The van der Waals surface area contributed by atoms with Crippen LogP contribution in [0.1, 0.15) is 25.5 Å². The summed E-state index contributed by atoms with van der Waals surface area (Å²) >= 11 is 0. The second kappa shape index (κ2) is 7.81. The van der Waals surface area contributed by atoms with E-state index in [9.17, 15) is 9.18 Å². The predicted octanol–water partition coefficient (Wildman–Crippen LogP) is 1.38. The smallest absolute Gasteiger partial charge is 0.260 e. The van der Waals surface area contributed by atoms with Gasteiger partial charge in [0, 0.05) is 31.3 Å². The molecule has 1 aromatic rings. The molecule has 0 radical (unpaired) electrons. The summed E-state index contributed by atoms with van der Waals surface area (Å²) in [5.74, 6) is -0.426. The average molecular weight is 284 g/mol. The Morgan fingerprint density at radius 2 is 2.15 bits per heavy atom. The van der Waals surface area contributed by atoms with Crippen LogP contribution in [0.2, 0.25) is 0 Å². The Morgan fingerprint density at radius 3 is 2.70 bits per heavy atom. The van der Waals surface area contributed by atoms with Crippen LogP contribution in [0.3, 0.4) is 0 Å². The van der Waals surface area contributed by atoms with Crippen molar-refractivity contribution in [3.63, 3.8) is 0 Å². The van der Waals surface area contributed by atoms with E-state index < -0.39 is 11.9 Å². The molecular formula is C14H21FN2O3. The van der Waals surface area contributed by atoms with E-state index in [4.69, 9.17) is 15.2 Å². The van der Waals surface area contributed by atoms with Crippen LogP contribution in [0.5, 0.6) is 5.75 Å². The topological polar surface area (TPSA) is 73.6 Å². The standard InChI is InChI=1S/C14H21FN2O3/c1-9(16)12-5-4-11(8-13(12)15)20-10(2)14(18)17-6-7-19-3/h4-5,8-10H,6-7,16H2,1-3H3,(H,17,18)/t9-,10?/m1/s1. The van der Waals surface area contributed by atoms with Gasteiger partial charge in [-0.2, -0.15) is 0 Å². The van der Waals surface area contributed by atoms with Crippen LogP contribution in [0.15, 0.2) is 18.2 Å². The molecule has 3 N–H and O–H groups in total. The van der Waals surface area contributed by atoms with Crippen molar-refractivity contribution in [1.29, 1.82) is 0 Å². The molecule has 2 atom stereocenters. The van der Waals surface area contributed by atoms with Crippen molar-refractivity contribution in [3.8, 4) is 5.75 Å². The molecule has 0 saturated heterocycles. The number of nitrogens with two attached hydrogens (primary N) is 1. The molecule has 6 heteroatoms. The zero-order valence-corrected chi connectivity index (χ0v) is 12.0. The Kier molecular flexibility index (Phi) is 6.41. The maximum Gasteiger partial charge on any atom is 0.260 e. The average Bonchev–Trinajstić information content (AvgIpc) is 2.38. The van der Waals surface area contributed by atoms with Gasteiger partial charge in [-0.25, -0.2) is 4.39 Å². The van der Waals surface area contributed by atoms with Crippen LogP contribution in [0.4, 0.5) is 4.39 Å². The lowest BCUT2D eigenvalue weighted by Crippen LogP contribution is -2.37. The van der Waals surface area contributed by atoms with Crippen LogP contribution in [0, 0.1) is 5.82 Å². The van der Waals surface area contributed by atoms with E-state index in [1.54, 1.807) is 33.1 Å². The largest absolute Gasteiger partial charge is 0.481 e. The number of amides is 1. The minimum Gasteiger partial charge on any atom is -0.481 e. The fourth-order valence-corrected chi connectivity index (χ4v) is 1.63. The monoisotopic (exact) mass is 284 g/mol. The van der Waals surface area contributed by atoms with E-state index >= 15 is 0 Å². The quantitative estimate of drug-likeness (QED) is 0.742. The molecule has 0 aliphatic carbocycles. The highest BCUT2D eigenvalue weighted by Crippen LogP contribution is 2.21. The highest BCUT2D eigenvalue weighted by Gasteiger charge is 2.15. The molecule has 0 fully saturated rings.